The number of amides is 1. The van der Waals surface area contributed by atoms with Crippen molar-refractivity contribution in [1.29, 1.82) is 0 Å². The Morgan fingerprint density at radius 1 is 1.00 bits per heavy atom. The maximum absolute atomic E-state index is 13.5. The van der Waals surface area contributed by atoms with Crippen LogP contribution in [0.1, 0.15) is 36.8 Å². The number of likely N-dealkylation sites (tertiary alicyclic amines) is 1. The van der Waals surface area contributed by atoms with Crippen LogP contribution in [0.2, 0.25) is 0 Å². The highest BCUT2D eigenvalue weighted by Gasteiger charge is 2.41. The first-order chi connectivity index (χ1) is 15.3. The molecule has 174 valence electrons. The summed E-state index contributed by atoms with van der Waals surface area (Å²) in [5.74, 6) is -0.793. The number of piperidine rings is 1. The van der Waals surface area contributed by atoms with Gasteiger partial charge in [-0.15, -0.1) is 0 Å². The fourth-order valence-corrected chi connectivity index (χ4v) is 4.35. The van der Waals surface area contributed by atoms with Crippen LogP contribution in [-0.2, 0) is 10.3 Å². The Bertz CT molecular complexity index is 818. The second-order valence-corrected chi connectivity index (χ2v) is 8.61. The van der Waals surface area contributed by atoms with E-state index >= 15 is 0 Å². The van der Waals surface area contributed by atoms with Crippen LogP contribution in [0.4, 0.5) is 13.6 Å². The minimum atomic E-state index is -1.31. The number of halogens is 2. The van der Waals surface area contributed by atoms with Gasteiger partial charge in [-0.25, -0.2) is 13.6 Å². The van der Waals surface area contributed by atoms with Gasteiger partial charge >= 0.3 is 6.09 Å². The SMILES string of the molecule is CN(C)C(=O)OCCCCN1CCC(C(O)(c2ccc(F)cc2)c2ccc(F)cc2)CC1. The molecule has 0 radical (unpaired) electrons. The van der Waals surface area contributed by atoms with Gasteiger partial charge in [-0.05, 0) is 86.6 Å². The van der Waals surface area contributed by atoms with Crippen LogP contribution < -0.4 is 0 Å². The van der Waals surface area contributed by atoms with E-state index in [2.05, 4.69) is 4.90 Å². The fraction of sp³-hybridized carbons (Fsp3) is 0.480. The Hall–Kier alpha value is -2.51. The number of hydrogen-bond donors (Lipinski definition) is 1. The van der Waals surface area contributed by atoms with Gasteiger partial charge in [-0.2, -0.15) is 0 Å². The first-order valence-corrected chi connectivity index (χ1v) is 11.1. The van der Waals surface area contributed by atoms with Crippen molar-refractivity contribution in [2.75, 3.05) is 40.3 Å². The molecule has 1 aliphatic heterocycles. The van der Waals surface area contributed by atoms with Gasteiger partial charge in [0.2, 0.25) is 0 Å². The largest absolute Gasteiger partial charge is 0.449 e. The third kappa shape index (κ3) is 5.84. The molecule has 1 saturated heterocycles. The number of rotatable bonds is 8. The first-order valence-electron chi connectivity index (χ1n) is 11.1. The molecule has 0 spiro atoms. The molecule has 3 rings (SSSR count). The molecule has 1 heterocycles. The quantitative estimate of drug-likeness (QED) is 0.611. The normalized spacial score (nSPS) is 15.5. The van der Waals surface area contributed by atoms with Gasteiger partial charge < -0.3 is 19.6 Å². The summed E-state index contributed by atoms with van der Waals surface area (Å²) in [7, 11) is 3.32. The predicted molar refractivity (Wildman–Crippen MR) is 119 cm³/mol. The summed E-state index contributed by atoms with van der Waals surface area (Å²) in [6.45, 7) is 2.96. The highest BCUT2D eigenvalue weighted by atomic mass is 19.1. The highest BCUT2D eigenvalue weighted by molar-refractivity contribution is 5.66. The zero-order valence-corrected chi connectivity index (χ0v) is 18.8. The van der Waals surface area contributed by atoms with E-state index in [0.717, 1.165) is 45.3 Å². The molecule has 1 aliphatic rings. The van der Waals surface area contributed by atoms with Crippen molar-refractivity contribution in [2.45, 2.75) is 31.3 Å². The lowest BCUT2D eigenvalue weighted by molar-refractivity contribution is -0.0145. The molecule has 0 saturated carbocycles. The Morgan fingerprint density at radius 2 is 1.50 bits per heavy atom. The van der Waals surface area contributed by atoms with E-state index in [1.54, 1.807) is 38.4 Å². The predicted octanol–water partition coefficient (Wildman–Crippen LogP) is 4.39. The molecule has 0 bridgehead atoms. The maximum atomic E-state index is 13.5. The Labute approximate surface area is 188 Å². The lowest BCUT2D eigenvalue weighted by Gasteiger charge is -2.42. The first kappa shape index (κ1) is 24.1. The second kappa shape index (κ2) is 10.9. The number of carbonyl (C=O) groups excluding carboxylic acids is 1. The molecule has 2 aromatic carbocycles. The van der Waals surface area contributed by atoms with Crippen molar-refractivity contribution < 1.29 is 23.4 Å². The Balaban J connectivity index is 1.60. The average molecular weight is 447 g/mol. The topological polar surface area (TPSA) is 53.0 Å². The van der Waals surface area contributed by atoms with Crippen molar-refractivity contribution in [3.8, 4) is 0 Å². The third-order valence-corrected chi connectivity index (χ3v) is 6.21. The average Bonchev–Trinajstić information content (AvgIpc) is 2.79. The van der Waals surface area contributed by atoms with E-state index in [-0.39, 0.29) is 23.6 Å². The molecule has 0 unspecified atom stereocenters. The molecule has 1 N–H and O–H groups in total. The van der Waals surface area contributed by atoms with Gasteiger partial charge in [0.25, 0.3) is 0 Å². The van der Waals surface area contributed by atoms with Gasteiger partial charge in [0.15, 0.2) is 0 Å². The second-order valence-electron chi connectivity index (χ2n) is 8.61. The number of hydrogen-bond acceptors (Lipinski definition) is 4. The van der Waals surface area contributed by atoms with Gasteiger partial charge in [0.1, 0.15) is 17.2 Å². The maximum Gasteiger partial charge on any atom is 0.409 e. The van der Waals surface area contributed by atoms with Gasteiger partial charge in [-0.1, -0.05) is 24.3 Å². The van der Waals surface area contributed by atoms with Crippen LogP contribution in [0.3, 0.4) is 0 Å². The standard InChI is InChI=1S/C25H32F2N2O3/c1-28(2)24(30)32-18-4-3-15-29-16-13-21(14-17-29)25(31,19-5-9-22(26)10-6-19)20-7-11-23(27)12-8-20/h5-12,21,31H,3-4,13-18H2,1-2H3. The van der Waals surface area contributed by atoms with Crippen molar-refractivity contribution in [3.05, 3.63) is 71.3 Å². The van der Waals surface area contributed by atoms with E-state index in [1.807, 2.05) is 0 Å². The molecule has 1 amide bonds. The smallest absolute Gasteiger partial charge is 0.409 e. The third-order valence-electron chi connectivity index (χ3n) is 6.21. The number of nitrogens with zero attached hydrogens (tertiary/aromatic N) is 2. The van der Waals surface area contributed by atoms with Gasteiger partial charge in [-0.3, -0.25) is 0 Å². The van der Waals surface area contributed by atoms with Crippen molar-refractivity contribution >= 4 is 6.09 Å². The number of benzene rings is 2. The summed E-state index contributed by atoms with van der Waals surface area (Å²) >= 11 is 0. The molecule has 0 atom stereocenters. The summed E-state index contributed by atoms with van der Waals surface area (Å²) < 4.78 is 32.2. The van der Waals surface area contributed by atoms with Gasteiger partial charge in [0.05, 0.1) is 6.61 Å². The van der Waals surface area contributed by atoms with E-state index in [4.69, 9.17) is 4.74 Å². The molecule has 1 fully saturated rings. The van der Waals surface area contributed by atoms with Crippen LogP contribution >= 0.6 is 0 Å². The summed E-state index contributed by atoms with van der Waals surface area (Å²) in [5.41, 5.74) is -0.0771. The van der Waals surface area contributed by atoms with Crippen LogP contribution in [0.15, 0.2) is 48.5 Å². The number of ether oxygens (including phenoxy) is 1. The summed E-state index contributed by atoms with van der Waals surface area (Å²) in [6, 6.07) is 11.8. The molecule has 7 heteroatoms. The molecule has 32 heavy (non-hydrogen) atoms. The molecule has 0 aromatic heterocycles. The Kier molecular flexibility index (Phi) is 8.21. The molecule has 0 aliphatic carbocycles. The molecule has 2 aromatic rings. The number of carbonyl (C=O) groups is 1. The van der Waals surface area contributed by atoms with Crippen molar-refractivity contribution in [3.63, 3.8) is 0 Å². The molecular formula is C25H32F2N2O3. The zero-order valence-electron chi connectivity index (χ0n) is 18.8. The molecular weight excluding hydrogens is 414 g/mol. The Morgan fingerprint density at radius 3 is 1.97 bits per heavy atom. The minimum absolute atomic E-state index is 0.0734. The van der Waals surface area contributed by atoms with Crippen molar-refractivity contribution in [2.24, 2.45) is 5.92 Å². The highest BCUT2D eigenvalue weighted by Crippen LogP contribution is 2.42. The van der Waals surface area contributed by atoms with Crippen LogP contribution in [0.25, 0.3) is 0 Å². The monoisotopic (exact) mass is 446 g/mol. The van der Waals surface area contributed by atoms with Crippen LogP contribution in [0, 0.1) is 17.6 Å². The van der Waals surface area contributed by atoms with Crippen molar-refractivity contribution in [1.82, 2.24) is 9.80 Å². The van der Waals surface area contributed by atoms with Gasteiger partial charge in [0, 0.05) is 14.1 Å². The number of aliphatic hydroxyl groups is 1. The summed E-state index contributed by atoms with van der Waals surface area (Å²) in [6.07, 6.45) is 2.92. The minimum Gasteiger partial charge on any atom is -0.449 e. The number of unbranched alkanes of at least 4 members (excludes halogenated alkanes) is 1. The lowest BCUT2D eigenvalue weighted by Crippen LogP contribution is -2.44. The van der Waals surface area contributed by atoms with E-state index in [9.17, 15) is 18.7 Å². The summed E-state index contributed by atoms with van der Waals surface area (Å²) in [5, 5.41) is 11.9. The van der Waals surface area contributed by atoms with Crippen LogP contribution in [-0.4, -0.2) is 61.3 Å². The van der Waals surface area contributed by atoms with E-state index < -0.39 is 5.60 Å². The summed E-state index contributed by atoms with van der Waals surface area (Å²) in [4.78, 5) is 15.2. The van der Waals surface area contributed by atoms with Crippen LogP contribution in [0.5, 0.6) is 0 Å². The zero-order chi connectivity index (χ0) is 23.1. The molecule has 5 nitrogen and oxygen atoms in total. The van der Waals surface area contributed by atoms with E-state index in [0.29, 0.717) is 17.7 Å². The fourth-order valence-electron chi connectivity index (χ4n) is 4.35. The van der Waals surface area contributed by atoms with E-state index in [1.165, 1.54) is 29.2 Å². The lowest BCUT2D eigenvalue weighted by atomic mass is 9.72.